The summed E-state index contributed by atoms with van der Waals surface area (Å²) in [7, 11) is 0. The van der Waals surface area contributed by atoms with E-state index < -0.39 is 29.4 Å². The number of rotatable bonds is 3. The van der Waals surface area contributed by atoms with E-state index in [-0.39, 0.29) is 48.9 Å². The highest BCUT2D eigenvalue weighted by Gasteiger charge is 2.39. The molecule has 2 aromatic heterocycles. The first kappa shape index (κ1) is 23.5. The second-order valence-electron chi connectivity index (χ2n) is 8.33. The van der Waals surface area contributed by atoms with Crippen molar-refractivity contribution in [2.45, 2.75) is 33.0 Å². The molecule has 1 aromatic carbocycles. The van der Waals surface area contributed by atoms with E-state index in [1.807, 2.05) is 0 Å². The van der Waals surface area contributed by atoms with Crippen molar-refractivity contribution in [3.63, 3.8) is 0 Å². The first-order valence-electron chi connectivity index (χ1n) is 10.7. The van der Waals surface area contributed by atoms with Gasteiger partial charge in [-0.3, -0.25) is 19.0 Å². The lowest BCUT2D eigenvalue weighted by Crippen LogP contribution is -2.52. The summed E-state index contributed by atoms with van der Waals surface area (Å²) in [6.07, 6.45) is -3.57. The predicted octanol–water partition coefficient (Wildman–Crippen LogP) is 3.17. The second-order valence-corrected chi connectivity index (χ2v) is 8.33. The molecule has 3 heterocycles. The van der Waals surface area contributed by atoms with Crippen LogP contribution >= 0.6 is 0 Å². The molecule has 1 aliphatic heterocycles. The minimum absolute atomic E-state index is 0.0106. The van der Waals surface area contributed by atoms with E-state index in [2.05, 4.69) is 4.98 Å². The summed E-state index contributed by atoms with van der Waals surface area (Å²) in [6.45, 7) is 5.72. The number of benzene rings is 1. The van der Waals surface area contributed by atoms with E-state index in [1.165, 1.54) is 29.1 Å². The number of halogens is 3. The lowest BCUT2D eigenvalue weighted by Gasteiger charge is -2.36. The summed E-state index contributed by atoms with van der Waals surface area (Å²) in [5, 5.41) is 0. The van der Waals surface area contributed by atoms with Gasteiger partial charge in [0.1, 0.15) is 6.04 Å². The lowest BCUT2D eigenvalue weighted by molar-refractivity contribution is -0.143. The van der Waals surface area contributed by atoms with E-state index in [4.69, 9.17) is 4.42 Å². The molecule has 180 valence electrons. The summed E-state index contributed by atoms with van der Waals surface area (Å²) in [4.78, 5) is 45.1. The molecule has 4 rings (SSSR count). The minimum Gasteiger partial charge on any atom is -0.459 e. The van der Waals surface area contributed by atoms with Gasteiger partial charge in [0.25, 0.3) is 11.5 Å². The van der Waals surface area contributed by atoms with Crippen LogP contribution in [0.15, 0.2) is 39.7 Å². The van der Waals surface area contributed by atoms with Gasteiger partial charge >= 0.3 is 6.18 Å². The molecular weight excluding hydrogens is 453 g/mol. The summed E-state index contributed by atoms with van der Waals surface area (Å²) in [5.41, 5.74) is -1.30. The lowest BCUT2D eigenvalue weighted by atomic mass is 10.1. The minimum atomic E-state index is -4.97. The Bertz CT molecular complexity index is 1310. The van der Waals surface area contributed by atoms with Crippen LogP contribution in [0.25, 0.3) is 11.0 Å². The fourth-order valence-corrected chi connectivity index (χ4v) is 4.09. The highest BCUT2D eigenvalue weighted by Crippen LogP contribution is 2.29. The summed E-state index contributed by atoms with van der Waals surface area (Å²) >= 11 is 0. The molecule has 0 bridgehead atoms. The van der Waals surface area contributed by atoms with Gasteiger partial charge in [-0.05, 0) is 56.2 Å². The van der Waals surface area contributed by atoms with Gasteiger partial charge in [0.05, 0.1) is 17.3 Å². The monoisotopic (exact) mass is 476 g/mol. The Labute approximate surface area is 192 Å². The third kappa shape index (κ3) is 4.17. The van der Waals surface area contributed by atoms with Crippen LogP contribution in [0.2, 0.25) is 0 Å². The molecule has 1 fully saturated rings. The van der Waals surface area contributed by atoms with Gasteiger partial charge < -0.3 is 14.2 Å². The van der Waals surface area contributed by atoms with Crippen molar-refractivity contribution in [3.05, 3.63) is 63.5 Å². The Hall–Kier alpha value is -3.63. The molecule has 0 saturated carbocycles. The first-order valence-corrected chi connectivity index (χ1v) is 10.7. The highest BCUT2D eigenvalue weighted by molar-refractivity contribution is 5.91. The zero-order chi connectivity index (χ0) is 24.8. The molecular formula is C23H23F3N4O4. The van der Waals surface area contributed by atoms with Crippen LogP contribution in [-0.4, -0.2) is 57.3 Å². The molecule has 34 heavy (non-hydrogen) atoms. The number of aromatic nitrogens is 2. The maximum atomic E-state index is 13.6. The van der Waals surface area contributed by atoms with Gasteiger partial charge in [0, 0.05) is 26.2 Å². The number of carbonyl (C=O) groups is 2. The fourth-order valence-electron chi connectivity index (χ4n) is 4.09. The Kier molecular flexibility index (Phi) is 5.96. The van der Waals surface area contributed by atoms with Crippen molar-refractivity contribution >= 4 is 22.8 Å². The third-order valence-electron chi connectivity index (χ3n) is 6.13. The van der Waals surface area contributed by atoms with Crippen molar-refractivity contribution in [2.24, 2.45) is 0 Å². The molecule has 3 aromatic rings. The van der Waals surface area contributed by atoms with Crippen molar-refractivity contribution in [1.82, 2.24) is 19.4 Å². The molecule has 1 aliphatic rings. The summed E-state index contributed by atoms with van der Waals surface area (Å²) in [6, 6.07) is 5.00. The van der Waals surface area contributed by atoms with Gasteiger partial charge in [-0.25, -0.2) is 4.98 Å². The number of carbonyl (C=O) groups excluding carboxylic acids is 2. The number of amides is 2. The van der Waals surface area contributed by atoms with Crippen molar-refractivity contribution in [3.8, 4) is 0 Å². The largest absolute Gasteiger partial charge is 0.459 e. The van der Waals surface area contributed by atoms with Crippen LogP contribution in [0.4, 0.5) is 13.2 Å². The Morgan fingerprint density at radius 3 is 2.26 bits per heavy atom. The molecule has 0 spiro atoms. The second kappa shape index (κ2) is 8.62. The number of fused-ring (bicyclic) bond motifs is 1. The molecule has 1 saturated heterocycles. The number of nitrogens with zero attached hydrogens (tertiary/aromatic N) is 4. The van der Waals surface area contributed by atoms with Gasteiger partial charge in [0.2, 0.25) is 11.6 Å². The standard InChI is InChI=1S/C23H23F3N4O4/c1-13-11-16-17(12-14(13)2)30(22(33)19(27-16)23(24,25)26)15(3)20(31)28-6-8-29(9-7-28)21(32)18-5-4-10-34-18/h4-5,10-12,15H,6-9H2,1-3H3/t15-/m1/s1. The SMILES string of the molecule is Cc1cc2nc(C(F)(F)F)c(=O)n([C@H](C)C(=O)N3CCN(C(=O)c4ccco4)CC3)c2cc1C. The van der Waals surface area contributed by atoms with Crippen LogP contribution in [-0.2, 0) is 11.0 Å². The highest BCUT2D eigenvalue weighted by atomic mass is 19.4. The normalized spacial score (nSPS) is 15.6. The van der Waals surface area contributed by atoms with E-state index in [0.717, 1.165) is 15.7 Å². The number of hydrogen-bond acceptors (Lipinski definition) is 5. The number of alkyl halides is 3. The zero-order valence-electron chi connectivity index (χ0n) is 18.8. The first-order chi connectivity index (χ1) is 16.0. The average molecular weight is 476 g/mol. The number of hydrogen-bond donors (Lipinski definition) is 0. The van der Waals surface area contributed by atoms with Crippen molar-refractivity contribution in [1.29, 1.82) is 0 Å². The van der Waals surface area contributed by atoms with E-state index in [1.54, 1.807) is 32.0 Å². The van der Waals surface area contributed by atoms with Gasteiger partial charge in [-0.1, -0.05) is 0 Å². The predicted molar refractivity (Wildman–Crippen MR) is 116 cm³/mol. The summed E-state index contributed by atoms with van der Waals surface area (Å²) < 4.78 is 46.7. The van der Waals surface area contributed by atoms with Crippen LogP contribution < -0.4 is 5.56 Å². The number of furan rings is 1. The maximum Gasteiger partial charge on any atom is 0.438 e. The number of piperazine rings is 1. The van der Waals surface area contributed by atoms with Gasteiger partial charge in [0.15, 0.2) is 5.76 Å². The third-order valence-corrected chi connectivity index (χ3v) is 6.13. The molecule has 0 unspecified atom stereocenters. The Balaban J connectivity index is 1.65. The fraction of sp³-hybridized carbons (Fsp3) is 0.391. The van der Waals surface area contributed by atoms with Crippen LogP contribution in [0.1, 0.15) is 40.3 Å². The van der Waals surface area contributed by atoms with Crippen molar-refractivity contribution < 1.29 is 27.2 Å². The van der Waals surface area contributed by atoms with E-state index in [0.29, 0.717) is 0 Å². The van der Waals surface area contributed by atoms with Crippen LogP contribution in [0, 0.1) is 13.8 Å². The molecule has 0 aliphatic carbocycles. The Morgan fingerprint density at radius 1 is 1.06 bits per heavy atom. The average Bonchev–Trinajstić information content (AvgIpc) is 3.33. The molecule has 1 atom stereocenters. The zero-order valence-corrected chi connectivity index (χ0v) is 18.8. The van der Waals surface area contributed by atoms with Crippen LogP contribution in [0.5, 0.6) is 0 Å². The van der Waals surface area contributed by atoms with Crippen molar-refractivity contribution in [2.75, 3.05) is 26.2 Å². The molecule has 0 radical (unpaired) electrons. The van der Waals surface area contributed by atoms with Gasteiger partial charge in [-0.2, -0.15) is 13.2 Å². The van der Waals surface area contributed by atoms with Gasteiger partial charge in [-0.15, -0.1) is 0 Å². The van der Waals surface area contributed by atoms with E-state index in [9.17, 15) is 27.6 Å². The summed E-state index contributed by atoms with van der Waals surface area (Å²) in [5.74, 6) is -0.624. The topological polar surface area (TPSA) is 88.7 Å². The molecule has 8 nitrogen and oxygen atoms in total. The molecule has 0 N–H and O–H groups in total. The smallest absolute Gasteiger partial charge is 0.438 e. The number of aryl methyl sites for hydroxylation is 2. The van der Waals surface area contributed by atoms with Crippen LogP contribution in [0.3, 0.4) is 0 Å². The molecule has 11 heteroatoms. The van der Waals surface area contributed by atoms with E-state index >= 15 is 0 Å². The molecule has 2 amide bonds. The maximum absolute atomic E-state index is 13.6. The quantitative estimate of drug-likeness (QED) is 0.580. The Morgan fingerprint density at radius 2 is 1.68 bits per heavy atom.